The van der Waals surface area contributed by atoms with Crippen molar-refractivity contribution in [3.05, 3.63) is 40.2 Å². The van der Waals surface area contributed by atoms with Crippen LogP contribution in [-0.4, -0.2) is 48.7 Å². The Hall–Kier alpha value is -2.22. The molecule has 0 saturated carbocycles. The quantitative estimate of drug-likeness (QED) is 0.629. The maximum atomic E-state index is 13.9. The number of hydrogen-bond donors (Lipinski definition) is 2. The molecule has 0 bridgehead atoms. The lowest BCUT2D eigenvalue weighted by Crippen LogP contribution is -2.45. The summed E-state index contributed by atoms with van der Waals surface area (Å²) in [6.45, 7) is 4.32. The fourth-order valence-corrected chi connectivity index (χ4v) is 3.66. The second-order valence-electron chi connectivity index (χ2n) is 6.00. The third-order valence-corrected chi connectivity index (χ3v) is 5.06. The van der Waals surface area contributed by atoms with Gasteiger partial charge >= 0.3 is 0 Å². The Morgan fingerprint density at radius 3 is 3.08 bits per heavy atom. The van der Waals surface area contributed by atoms with Crippen molar-refractivity contribution in [3.63, 3.8) is 0 Å². The van der Waals surface area contributed by atoms with Crippen LogP contribution in [0.1, 0.15) is 16.3 Å². The van der Waals surface area contributed by atoms with Gasteiger partial charge in [-0.05, 0) is 25.5 Å². The molecule has 1 aliphatic heterocycles. The van der Waals surface area contributed by atoms with Gasteiger partial charge < -0.3 is 15.5 Å². The molecule has 0 amide bonds. The van der Waals surface area contributed by atoms with Gasteiger partial charge in [-0.3, -0.25) is 4.99 Å². The normalized spacial score (nSPS) is 17.8. The number of guanidine groups is 1. The van der Waals surface area contributed by atoms with Gasteiger partial charge in [0.1, 0.15) is 0 Å². The lowest BCUT2D eigenvalue weighted by atomic mass is 10.3. The first kappa shape index (κ1) is 17.6. The third-order valence-electron chi connectivity index (χ3n) is 4.09. The summed E-state index contributed by atoms with van der Waals surface area (Å²) in [6, 6.07) is 3.28. The van der Waals surface area contributed by atoms with Crippen LogP contribution in [0.4, 0.5) is 10.2 Å². The van der Waals surface area contributed by atoms with Crippen LogP contribution in [0.3, 0.4) is 0 Å². The molecule has 2 N–H and O–H groups in total. The molecule has 1 fully saturated rings. The highest BCUT2D eigenvalue weighted by molar-refractivity contribution is 7.11. The van der Waals surface area contributed by atoms with Crippen LogP contribution in [0.5, 0.6) is 0 Å². The molecular formula is C17H23FN6S. The minimum atomic E-state index is -0.274. The second kappa shape index (κ2) is 8.24. The number of aryl methyl sites for hydroxylation is 1. The zero-order chi connectivity index (χ0) is 17.6. The molecule has 0 radical (unpaired) electrons. The Balaban J connectivity index is 1.47. The number of thiazole rings is 1. The van der Waals surface area contributed by atoms with E-state index in [1.54, 1.807) is 30.6 Å². The third kappa shape index (κ3) is 4.66. The van der Waals surface area contributed by atoms with Gasteiger partial charge in [-0.2, -0.15) is 0 Å². The first-order chi connectivity index (χ1) is 12.2. The van der Waals surface area contributed by atoms with Crippen LogP contribution in [-0.2, 0) is 6.42 Å². The lowest BCUT2D eigenvalue weighted by Gasteiger charge is -2.19. The summed E-state index contributed by atoms with van der Waals surface area (Å²) >= 11 is 1.72. The molecule has 0 spiro atoms. The van der Waals surface area contributed by atoms with Gasteiger partial charge in [0.05, 0.1) is 5.01 Å². The minimum Gasteiger partial charge on any atom is -0.356 e. The number of aromatic nitrogens is 2. The zero-order valence-corrected chi connectivity index (χ0v) is 15.3. The molecule has 1 aliphatic rings. The maximum absolute atomic E-state index is 13.9. The van der Waals surface area contributed by atoms with E-state index in [9.17, 15) is 4.39 Å². The number of nitrogens with zero attached hydrogens (tertiary/aromatic N) is 4. The number of aliphatic imine (C=N–C) groups is 1. The van der Waals surface area contributed by atoms with E-state index < -0.39 is 0 Å². The predicted molar refractivity (Wildman–Crippen MR) is 99.9 cm³/mol. The lowest BCUT2D eigenvalue weighted by molar-refractivity contribution is 0.612. The van der Waals surface area contributed by atoms with Crippen molar-refractivity contribution in [1.29, 1.82) is 0 Å². The maximum Gasteiger partial charge on any atom is 0.191 e. The molecule has 0 aromatic carbocycles. The zero-order valence-electron chi connectivity index (χ0n) is 14.5. The van der Waals surface area contributed by atoms with E-state index in [0.717, 1.165) is 36.9 Å². The minimum absolute atomic E-state index is 0.217. The first-order valence-corrected chi connectivity index (χ1v) is 9.21. The molecule has 25 heavy (non-hydrogen) atoms. The Bertz CT molecular complexity index is 731. The molecule has 3 rings (SSSR count). The standard InChI is InChI=1S/C17H23FN6S/c1-12-10-22-15(25-12)5-8-21-17(19-2)23-13-6-9-24(11-13)16-14(18)4-3-7-20-16/h3-4,7,10,13H,5-6,8-9,11H2,1-2H3,(H2,19,21,23). The Kier molecular flexibility index (Phi) is 5.80. The molecule has 6 nitrogen and oxygen atoms in total. The van der Waals surface area contributed by atoms with Crippen molar-refractivity contribution >= 4 is 23.1 Å². The van der Waals surface area contributed by atoms with E-state index >= 15 is 0 Å². The molecule has 2 aromatic rings. The monoisotopic (exact) mass is 362 g/mol. The van der Waals surface area contributed by atoms with Gasteiger partial charge in [-0.25, -0.2) is 14.4 Å². The van der Waals surface area contributed by atoms with E-state index in [2.05, 4.69) is 32.5 Å². The fraction of sp³-hybridized carbons (Fsp3) is 0.471. The number of halogens is 1. The van der Waals surface area contributed by atoms with Crippen molar-refractivity contribution in [2.45, 2.75) is 25.8 Å². The van der Waals surface area contributed by atoms with Crippen molar-refractivity contribution in [1.82, 2.24) is 20.6 Å². The Labute approximate surface area is 151 Å². The molecule has 134 valence electrons. The van der Waals surface area contributed by atoms with E-state index in [4.69, 9.17) is 0 Å². The number of hydrogen-bond acceptors (Lipinski definition) is 5. The van der Waals surface area contributed by atoms with E-state index in [1.165, 1.54) is 10.9 Å². The SMILES string of the molecule is CN=C(NCCc1ncc(C)s1)NC1CCN(c2ncccc2F)C1. The Morgan fingerprint density at radius 1 is 1.48 bits per heavy atom. The summed E-state index contributed by atoms with van der Waals surface area (Å²) in [5.74, 6) is 0.917. The van der Waals surface area contributed by atoms with Crippen LogP contribution >= 0.6 is 11.3 Å². The highest BCUT2D eigenvalue weighted by atomic mass is 32.1. The molecule has 1 unspecified atom stereocenters. The van der Waals surface area contributed by atoms with Crippen LogP contribution < -0.4 is 15.5 Å². The predicted octanol–water partition coefficient (Wildman–Crippen LogP) is 1.97. The molecular weight excluding hydrogens is 339 g/mol. The summed E-state index contributed by atoms with van der Waals surface area (Å²) in [7, 11) is 1.76. The number of rotatable bonds is 5. The largest absolute Gasteiger partial charge is 0.356 e. The van der Waals surface area contributed by atoms with Gasteiger partial charge in [0.2, 0.25) is 0 Å². The molecule has 8 heteroatoms. The van der Waals surface area contributed by atoms with Gasteiger partial charge in [0.15, 0.2) is 17.6 Å². The fourth-order valence-electron chi connectivity index (χ4n) is 2.87. The van der Waals surface area contributed by atoms with E-state index in [0.29, 0.717) is 12.4 Å². The van der Waals surface area contributed by atoms with E-state index in [1.807, 2.05) is 11.1 Å². The number of nitrogens with one attached hydrogen (secondary N) is 2. The summed E-state index contributed by atoms with van der Waals surface area (Å²) in [5.41, 5.74) is 0. The Morgan fingerprint density at radius 2 is 2.36 bits per heavy atom. The first-order valence-electron chi connectivity index (χ1n) is 8.39. The second-order valence-corrected chi connectivity index (χ2v) is 7.32. The molecule has 2 aromatic heterocycles. The average molecular weight is 362 g/mol. The van der Waals surface area contributed by atoms with Crippen molar-refractivity contribution in [2.75, 3.05) is 31.6 Å². The van der Waals surface area contributed by atoms with Gasteiger partial charge in [0, 0.05) is 56.4 Å². The van der Waals surface area contributed by atoms with Gasteiger partial charge in [0.25, 0.3) is 0 Å². The molecule has 0 aliphatic carbocycles. The van der Waals surface area contributed by atoms with Crippen molar-refractivity contribution in [3.8, 4) is 0 Å². The van der Waals surface area contributed by atoms with Crippen LogP contribution in [0.2, 0.25) is 0 Å². The number of pyridine rings is 1. The van der Waals surface area contributed by atoms with Gasteiger partial charge in [-0.1, -0.05) is 0 Å². The van der Waals surface area contributed by atoms with Crippen molar-refractivity contribution in [2.24, 2.45) is 4.99 Å². The molecule has 3 heterocycles. The summed E-state index contributed by atoms with van der Waals surface area (Å²) in [6.07, 6.45) is 5.31. The van der Waals surface area contributed by atoms with Crippen LogP contribution in [0.15, 0.2) is 29.5 Å². The average Bonchev–Trinajstić information content (AvgIpc) is 3.23. The highest BCUT2D eigenvalue weighted by Gasteiger charge is 2.25. The summed E-state index contributed by atoms with van der Waals surface area (Å²) in [4.78, 5) is 16.0. The summed E-state index contributed by atoms with van der Waals surface area (Å²) < 4.78 is 13.9. The van der Waals surface area contributed by atoms with Gasteiger partial charge in [-0.15, -0.1) is 11.3 Å². The number of anilines is 1. The smallest absolute Gasteiger partial charge is 0.191 e. The van der Waals surface area contributed by atoms with Crippen molar-refractivity contribution < 1.29 is 4.39 Å². The highest BCUT2D eigenvalue weighted by Crippen LogP contribution is 2.20. The van der Waals surface area contributed by atoms with E-state index in [-0.39, 0.29) is 11.9 Å². The summed E-state index contributed by atoms with van der Waals surface area (Å²) in [5, 5.41) is 7.85. The molecule has 1 saturated heterocycles. The topological polar surface area (TPSA) is 65.4 Å². The van der Waals surface area contributed by atoms with Crippen LogP contribution in [0, 0.1) is 12.7 Å². The molecule has 1 atom stereocenters. The van der Waals surface area contributed by atoms with Crippen LogP contribution in [0.25, 0.3) is 0 Å².